The van der Waals surface area contributed by atoms with E-state index in [1.165, 1.54) is 6.26 Å². The number of piperazine rings is 1. The maximum absolute atomic E-state index is 12.7. The Morgan fingerprint density at radius 1 is 1.14 bits per heavy atom. The molecule has 4 rings (SSSR count). The summed E-state index contributed by atoms with van der Waals surface area (Å²) in [5, 5.41) is 3.11. The molecular weight excluding hydrogens is 370 g/mol. The zero-order valence-corrected chi connectivity index (χ0v) is 16.5. The van der Waals surface area contributed by atoms with Crippen LogP contribution in [0.3, 0.4) is 0 Å². The minimum Gasteiger partial charge on any atom is -0.461 e. The fraction of sp³-hybridized carbons (Fsp3) is 0.350. The summed E-state index contributed by atoms with van der Waals surface area (Å²) in [6.45, 7) is 5.62. The summed E-state index contributed by atoms with van der Waals surface area (Å²) >= 11 is 0. The number of carbonyl (C=O) groups excluding carboxylic acids is 1. The normalized spacial score (nSPS) is 14.8. The van der Waals surface area contributed by atoms with E-state index in [9.17, 15) is 4.79 Å². The molecule has 29 heavy (non-hydrogen) atoms. The number of carbonyl (C=O) groups is 1. The molecular formula is C20H23N7O2. The highest BCUT2D eigenvalue weighted by Gasteiger charge is 2.20. The second-order valence-electron chi connectivity index (χ2n) is 6.85. The quantitative estimate of drug-likeness (QED) is 0.631. The number of pyridine rings is 1. The van der Waals surface area contributed by atoms with Gasteiger partial charge in [-0.3, -0.25) is 4.79 Å². The summed E-state index contributed by atoms with van der Waals surface area (Å²) in [6, 6.07) is 6.71. The fourth-order valence-corrected chi connectivity index (χ4v) is 3.10. The van der Waals surface area contributed by atoms with E-state index in [0.717, 1.165) is 26.2 Å². The van der Waals surface area contributed by atoms with Crippen molar-refractivity contribution in [1.82, 2.24) is 24.8 Å². The predicted octanol–water partition coefficient (Wildman–Crippen LogP) is 2.15. The van der Waals surface area contributed by atoms with Crippen molar-refractivity contribution in [3.8, 4) is 0 Å². The van der Waals surface area contributed by atoms with E-state index >= 15 is 0 Å². The number of nitrogens with one attached hydrogen (secondary N) is 1. The van der Waals surface area contributed by atoms with Gasteiger partial charge in [-0.2, -0.15) is 15.0 Å². The molecule has 1 N–H and O–H groups in total. The van der Waals surface area contributed by atoms with Gasteiger partial charge in [0.15, 0.2) is 5.76 Å². The second-order valence-corrected chi connectivity index (χ2v) is 6.85. The highest BCUT2D eigenvalue weighted by atomic mass is 16.3. The van der Waals surface area contributed by atoms with Crippen LogP contribution >= 0.6 is 0 Å². The number of aryl methyl sites for hydroxylation is 1. The van der Waals surface area contributed by atoms with Crippen LogP contribution in [-0.4, -0.2) is 63.8 Å². The zero-order valence-electron chi connectivity index (χ0n) is 16.5. The monoisotopic (exact) mass is 393 g/mol. The highest BCUT2D eigenvalue weighted by Crippen LogP contribution is 2.21. The van der Waals surface area contributed by atoms with Crippen LogP contribution in [0.4, 0.5) is 17.7 Å². The third kappa shape index (κ3) is 4.24. The Bertz CT molecular complexity index is 982. The van der Waals surface area contributed by atoms with Crippen molar-refractivity contribution in [1.29, 1.82) is 0 Å². The molecule has 0 amide bonds. The Balaban J connectivity index is 1.63. The molecule has 0 atom stereocenters. The molecule has 0 aliphatic carbocycles. The van der Waals surface area contributed by atoms with Gasteiger partial charge >= 0.3 is 0 Å². The van der Waals surface area contributed by atoms with Crippen LogP contribution in [0.5, 0.6) is 0 Å². The summed E-state index contributed by atoms with van der Waals surface area (Å²) in [6.07, 6.45) is 3.77. The van der Waals surface area contributed by atoms with Crippen molar-refractivity contribution in [2.24, 2.45) is 0 Å². The molecule has 0 aromatic carbocycles. The lowest BCUT2D eigenvalue weighted by Crippen LogP contribution is -2.45. The highest BCUT2D eigenvalue weighted by molar-refractivity contribution is 6.10. The Hall–Kier alpha value is -3.33. The lowest BCUT2D eigenvalue weighted by Gasteiger charge is -2.32. The molecule has 0 saturated carbocycles. The molecule has 3 aromatic heterocycles. The lowest BCUT2D eigenvalue weighted by atomic mass is 10.1. The maximum Gasteiger partial charge on any atom is 0.233 e. The fourth-order valence-electron chi connectivity index (χ4n) is 3.10. The van der Waals surface area contributed by atoms with Crippen molar-refractivity contribution < 1.29 is 9.21 Å². The number of anilines is 3. The molecule has 9 heteroatoms. The molecule has 1 aliphatic rings. The number of nitrogens with zero attached hydrogens (tertiary/aromatic N) is 6. The number of ketones is 1. The van der Waals surface area contributed by atoms with Crippen LogP contribution in [0.1, 0.15) is 28.9 Å². The lowest BCUT2D eigenvalue weighted by molar-refractivity contribution is 0.101. The van der Waals surface area contributed by atoms with E-state index < -0.39 is 0 Å². The third-order valence-electron chi connectivity index (χ3n) is 4.80. The van der Waals surface area contributed by atoms with Crippen molar-refractivity contribution >= 4 is 23.5 Å². The molecule has 150 valence electrons. The Kier molecular flexibility index (Phi) is 5.48. The van der Waals surface area contributed by atoms with Gasteiger partial charge in [-0.25, -0.2) is 4.98 Å². The van der Waals surface area contributed by atoms with Crippen LogP contribution in [0.25, 0.3) is 0 Å². The topological polar surface area (TPSA) is 100 Å². The van der Waals surface area contributed by atoms with Crippen molar-refractivity contribution in [3.63, 3.8) is 0 Å². The first kappa shape index (κ1) is 19.0. The minimum atomic E-state index is -0.255. The number of aromatic nitrogens is 4. The van der Waals surface area contributed by atoms with Gasteiger partial charge in [0.25, 0.3) is 0 Å². The molecule has 0 bridgehead atoms. The van der Waals surface area contributed by atoms with Gasteiger partial charge in [0.1, 0.15) is 11.6 Å². The van der Waals surface area contributed by atoms with Gasteiger partial charge in [0, 0.05) is 38.8 Å². The molecule has 1 aliphatic heterocycles. The average molecular weight is 393 g/mol. The van der Waals surface area contributed by atoms with Gasteiger partial charge in [0.05, 0.1) is 11.8 Å². The standard InChI is InChI=1S/C20H23N7O2/c1-3-16-22-19(25-20(23-16)27-11-9-26(2)10-12-27)24-18-14(6-4-8-21-18)17(28)15-7-5-13-29-15/h4-8,13H,3,9-12H2,1-2H3,(H,21,22,23,24,25). The second kappa shape index (κ2) is 8.36. The van der Waals surface area contributed by atoms with Crippen LogP contribution in [0.15, 0.2) is 41.1 Å². The molecule has 9 nitrogen and oxygen atoms in total. The van der Waals surface area contributed by atoms with Crippen LogP contribution in [0, 0.1) is 0 Å². The van der Waals surface area contributed by atoms with E-state index in [-0.39, 0.29) is 11.5 Å². The molecule has 3 aromatic rings. The summed E-state index contributed by atoms with van der Waals surface area (Å²) < 4.78 is 5.24. The van der Waals surface area contributed by atoms with E-state index in [1.54, 1.807) is 30.5 Å². The Morgan fingerprint density at radius 3 is 2.69 bits per heavy atom. The summed E-state index contributed by atoms with van der Waals surface area (Å²) in [7, 11) is 2.10. The molecule has 0 unspecified atom stereocenters. The molecule has 0 spiro atoms. The molecule has 0 radical (unpaired) electrons. The van der Waals surface area contributed by atoms with E-state index in [4.69, 9.17) is 4.42 Å². The first-order valence-electron chi connectivity index (χ1n) is 9.62. The number of likely N-dealkylation sites (N-methyl/N-ethyl adjacent to an activating group) is 1. The molecule has 1 fully saturated rings. The number of rotatable bonds is 6. The first-order chi connectivity index (χ1) is 14.1. The summed E-state index contributed by atoms with van der Waals surface area (Å²) in [5.74, 6) is 2.08. The molecule has 1 saturated heterocycles. The largest absolute Gasteiger partial charge is 0.461 e. The Labute approximate surface area is 168 Å². The number of furan rings is 1. The first-order valence-corrected chi connectivity index (χ1v) is 9.62. The van der Waals surface area contributed by atoms with E-state index in [2.05, 4.69) is 42.1 Å². The van der Waals surface area contributed by atoms with Gasteiger partial charge in [-0.15, -0.1) is 0 Å². The van der Waals surface area contributed by atoms with Crippen molar-refractivity contribution in [2.75, 3.05) is 43.4 Å². The summed E-state index contributed by atoms with van der Waals surface area (Å²) in [4.78, 5) is 35.1. The molecule has 4 heterocycles. The van der Waals surface area contributed by atoms with Crippen molar-refractivity contribution in [3.05, 3.63) is 53.9 Å². The van der Waals surface area contributed by atoms with Gasteiger partial charge in [-0.05, 0) is 31.3 Å². The van der Waals surface area contributed by atoms with Crippen LogP contribution in [-0.2, 0) is 6.42 Å². The zero-order chi connectivity index (χ0) is 20.2. The predicted molar refractivity (Wildman–Crippen MR) is 109 cm³/mol. The maximum atomic E-state index is 12.7. The third-order valence-corrected chi connectivity index (χ3v) is 4.80. The van der Waals surface area contributed by atoms with Crippen LogP contribution in [0.2, 0.25) is 0 Å². The van der Waals surface area contributed by atoms with Crippen molar-refractivity contribution in [2.45, 2.75) is 13.3 Å². The Morgan fingerprint density at radius 2 is 1.97 bits per heavy atom. The SMILES string of the molecule is CCc1nc(Nc2ncccc2C(=O)c2ccco2)nc(N2CCN(C)CC2)n1. The van der Waals surface area contributed by atoms with Gasteiger partial charge in [-0.1, -0.05) is 6.92 Å². The van der Waals surface area contributed by atoms with E-state index in [1.807, 2.05) is 6.92 Å². The summed E-state index contributed by atoms with van der Waals surface area (Å²) in [5.41, 5.74) is 0.391. The van der Waals surface area contributed by atoms with Gasteiger partial charge in [0.2, 0.25) is 17.7 Å². The number of hydrogen-bond donors (Lipinski definition) is 1. The minimum absolute atomic E-state index is 0.254. The van der Waals surface area contributed by atoms with Crippen LogP contribution < -0.4 is 10.2 Å². The smallest absolute Gasteiger partial charge is 0.233 e. The number of hydrogen-bond acceptors (Lipinski definition) is 9. The average Bonchev–Trinajstić information content (AvgIpc) is 3.29. The van der Waals surface area contributed by atoms with E-state index in [0.29, 0.717) is 35.5 Å². The van der Waals surface area contributed by atoms with Gasteiger partial charge < -0.3 is 19.5 Å².